The molecule has 2 aliphatic rings. The first-order chi connectivity index (χ1) is 14.8. The van der Waals surface area contributed by atoms with E-state index >= 15 is 0 Å². The molecule has 2 N–H and O–H groups in total. The highest BCUT2D eigenvalue weighted by Crippen LogP contribution is 2.82. The normalized spacial score (nSPS) is 27.6. The van der Waals surface area contributed by atoms with Crippen LogP contribution in [0.25, 0.3) is 0 Å². The fraction of sp³-hybridized carbons (Fsp3) is 0.571. The quantitative estimate of drug-likeness (QED) is 0.247. The van der Waals surface area contributed by atoms with Gasteiger partial charge < -0.3 is 15.2 Å². The maximum absolute atomic E-state index is 11.3. The summed E-state index contributed by atoms with van der Waals surface area (Å²) >= 11 is 6.38. The molecule has 164 valence electrons. The highest BCUT2D eigenvalue weighted by molar-refractivity contribution is 6.31. The van der Waals surface area contributed by atoms with E-state index in [0.717, 1.165) is 12.8 Å². The topological polar surface area (TPSA) is 148 Å². The molecule has 0 spiro atoms. The van der Waals surface area contributed by atoms with Crippen LogP contribution in [-0.2, 0) is 9.47 Å². The van der Waals surface area contributed by atoms with Crippen molar-refractivity contribution in [3.05, 3.63) is 38.9 Å². The predicted octanol–water partition coefficient (Wildman–Crippen LogP) is 4.02. The fourth-order valence-corrected chi connectivity index (χ4v) is 4.63. The summed E-state index contributed by atoms with van der Waals surface area (Å²) < 4.78 is 12.1. The summed E-state index contributed by atoms with van der Waals surface area (Å²) in [7, 11) is 0. The van der Waals surface area contributed by atoms with Crippen LogP contribution in [0.5, 0.6) is 0 Å². The van der Waals surface area contributed by atoms with Crippen molar-refractivity contribution in [1.82, 2.24) is 0 Å². The lowest BCUT2D eigenvalue weighted by molar-refractivity contribution is -0.384. The summed E-state index contributed by atoms with van der Waals surface area (Å²) in [6, 6.07) is 8.28. The highest BCUT2D eigenvalue weighted by Gasteiger charge is 2.94. The van der Waals surface area contributed by atoms with Gasteiger partial charge in [0.2, 0.25) is 0 Å². The minimum atomic E-state index is -1.79. The molecule has 0 amide bonds. The maximum atomic E-state index is 11.3. The standard InChI is InChI=1S/C21H24ClN5O4/c1-3-5-9-30-21(31-10-6-4-2)20(13-24)17(19(20,12-23)18(25)26-21)15-11-14(27(28)29)7-8-16(15)22/h7-8,11,17H,3-6,9-10H2,1-2H3,(H2,25,26). The molecule has 1 fully saturated rings. The Morgan fingerprint density at radius 2 is 1.84 bits per heavy atom. The molecule has 1 aromatic carbocycles. The van der Waals surface area contributed by atoms with Gasteiger partial charge >= 0.3 is 0 Å². The van der Waals surface area contributed by atoms with E-state index in [2.05, 4.69) is 17.1 Å². The number of unbranched alkanes of at least 4 members (excludes halogenated alkanes) is 2. The Morgan fingerprint density at radius 1 is 1.23 bits per heavy atom. The van der Waals surface area contributed by atoms with Gasteiger partial charge in [-0.15, -0.1) is 0 Å². The van der Waals surface area contributed by atoms with Crippen LogP contribution in [0.3, 0.4) is 0 Å². The van der Waals surface area contributed by atoms with Crippen LogP contribution in [-0.4, -0.2) is 29.9 Å². The van der Waals surface area contributed by atoms with Crippen LogP contribution in [0.2, 0.25) is 5.02 Å². The fourth-order valence-electron chi connectivity index (χ4n) is 4.40. The Bertz CT molecular complexity index is 990. The number of nitrogens with zero attached hydrogens (tertiary/aromatic N) is 4. The zero-order valence-corrected chi connectivity index (χ0v) is 18.2. The van der Waals surface area contributed by atoms with Crippen LogP contribution in [0.4, 0.5) is 5.69 Å². The number of hydrogen-bond acceptors (Lipinski definition) is 8. The molecule has 10 heteroatoms. The Balaban J connectivity index is 2.17. The number of benzene rings is 1. The van der Waals surface area contributed by atoms with E-state index in [0.29, 0.717) is 12.8 Å². The molecule has 3 rings (SSSR count). The van der Waals surface area contributed by atoms with Crippen molar-refractivity contribution in [2.45, 2.75) is 51.4 Å². The van der Waals surface area contributed by atoms with Crippen LogP contribution >= 0.6 is 11.6 Å². The number of nitro groups is 1. The number of ether oxygens (including phenoxy) is 2. The molecule has 0 saturated heterocycles. The molecular formula is C21H24ClN5O4. The Labute approximate surface area is 185 Å². The van der Waals surface area contributed by atoms with Gasteiger partial charge in [0.25, 0.3) is 11.6 Å². The second kappa shape index (κ2) is 8.43. The first-order valence-corrected chi connectivity index (χ1v) is 10.6. The number of aliphatic imine (C=N–C) groups is 1. The van der Waals surface area contributed by atoms with Crippen molar-refractivity contribution < 1.29 is 14.4 Å². The second-order valence-electron chi connectivity index (χ2n) is 7.72. The van der Waals surface area contributed by atoms with E-state index in [-0.39, 0.29) is 35.3 Å². The summed E-state index contributed by atoms with van der Waals surface area (Å²) in [5.74, 6) is -2.76. The third-order valence-corrected chi connectivity index (χ3v) is 6.36. The second-order valence-corrected chi connectivity index (χ2v) is 8.13. The minimum Gasteiger partial charge on any atom is -0.386 e. The summed E-state index contributed by atoms with van der Waals surface area (Å²) in [4.78, 5) is 15.1. The molecule has 31 heavy (non-hydrogen) atoms. The van der Waals surface area contributed by atoms with Gasteiger partial charge in [-0.05, 0) is 24.5 Å². The van der Waals surface area contributed by atoms with Gasteiger partial charge in [0.05, 0.1) is 30.3 Å². The SMILES string of the molecule is CCCCOC1(OCCCC)N=C(N)C2(C#N)C(c3cc([N+](=O)[O-])ccc3Cl)C12C#N. The first-order valence-electron chi connectivity index (χ1n) is 10.2. The molecule has 1 aromatic rings. The number of halogens is 1. The third kappa shape index (κ3) is 3.08. The smallest absolute Gasteiger partial charge is 0.293 e. The molecule has 1 saturated carbocycles. The lowest BCUT2D eigenvalue weighted by Crippen LogP contribution is -2.44. The molecule has 9 nitrogen and oxygen atoms in total. The molecule has 3 unspecified atom stereocenters. The minimum absolute atomic E-state index is 0.0860. The van der Waals surface area contributed by atoms with Crippen LogP contribution in [0, 0.1) is 43.6 Å². The molecule has 1 aliphatic heterocycles. The van der Waals surface area contributed by atoms with Crippen molar-refractivity contribution in [1.29, 1.82) is 10.5 Å². The molecule has 0 bridgehead atoms. The number of non-ortho nitro benzene ring substituents is 1. The Kier molecular flexibility index (Phi) is 6.24. The number of nitrogens with two attached hydrogens (primary N) is 1. The predicted molar refractivity (Wildman–Crippen MR) is 113 cm³/mol. The zero-order chi connectivity index (χ0) is 22.9. The first kappa shape index (κ1) is 23.0. The van der Waals surface area contributed by atoms with Gasteiger partial charge in [0, 0.05) is 23.1 Å². The maximum Gasteiger partial charge on any atom is 0.293 e. The largest absolute Gasteiger partial charge is 0.386 e. The van der Waals surface area contributed by atoms with Crippen molar-refractivity contribution in [3.63, 3.8) is 0 Å². The van der Waals surface area contributed by atoms with E-state index < -0.39 is 27.6 Å². The molecule has 3 atom stereocenters. The monoisotopic (exact) mass is 445 g/mol. The molecule has 0 aromatic heterocycles. The van der Waals surface area contributed by atoms with Gasteiger partial charge in [0.15, 0.2) is 5.41 Å². The van der Waals surface area contributed by atoms with Gasteiger partial charge in [-0.2, -0.15) is 10.5 Å². The molecule has 1 heterocycles. The summed E-state index contributed by atoms with van der Waals surface area (Å²) in [5.41, 5.74) is 3.13. The van der Waals surface area contributed by atoms with E-state index in [1.807, 2.05) is 13.8 Å². The van der Waals surface area contributed by atoms with E-state index in [9.17, 15) is 20.6 Å². The molecule has 1 aliphatic carbocycles. The van der Waals surface area contributed by atoms with Gasteiger partial charge in [-0.1, -0.05) is 38.3 Å². The van der Waals surface area contributed by atoms with Crippen molar-refractivity contribution in [2.24, 2.45) is 21.6 Å². The summed E-state index contributed by atoms with van der Waals surface area (Å²) in [6.45, 7) is 4.48. The average Bonchev–Trinajstić information content (AvgIpc) is 3.32. The van der Waals surface area contributed by atoms with Crippen molar-refractivity contribution in [2.75, 3.05) is 13.2 Å². The summed E-state index contributed by atoms with van der Waals surface area (Å²) in [5, 5.41) is 32.0. The van der Waals surface area contributed by atoms with Gasteiger partial charge in [0.1, 0.15) is 11.3 Å². The lowest BCUT2D eigenvalue weighted by atomic mass is 9.93. The zero-order valence-electron chi connectivity index (χ0n) is 17.4. The van der Waals surface area contributed by atoms with Crippen molar-refractivity contribution >= 4 is 23.1 Å². The van der Waals surface area contributed by atoms with Crippen molar-refractivity contribution in [3.8, 4) is 12.1 Å². The lowest BCUT2D eigenvalue weighted by Gasteiger charge is -2.32. The average molecular weight is 446 g/mol. The van der Waals surface area contributed by atoms with Crippen LogP contribution in [0.1, 0.15) is 51.0 Å². The number of nitriles is 2. The number of nitro benzene ring substituents is 1. The Morgan fingerprint density at radius 3 is 2.32 bits per heavy atom. The van der Waals surface area contributed by atoms with E-state index in [1.165, 1.54) is 18.2 Å². The molecule has 0 radical (unpaired) electrons. The summed E-state index contributed by atoms with van der Waals surface area (Å²) in [6.07, 6.45) is 3.07. The van der Waals surface area contributed by atoms with Crippen LogP contribution in [0.15, 0.2) is 23.2 Å². The molecular weight excluding hydrogens is 422 g/mol. The highest BCUT2D eigenvalue weighted by atomic mass is 35.5. The van der Waals surface area contributed by atoms with E-state index in [1.54, 1.807) is 0 Å². The number of rotatable bonds is 10. The van der Waals surface area contributed by atoms with Gasteiger partial charge in [-0.25, -0.2) is 4.99 Å². The number of fused-ring (bicyclic) bond motifs is 1. The van der Waals surface area contributed by atoms with Gasteiger partial charge in [-0.3, -0.25) is 10.1 Å². The third-order valence-electron chi connectivity index (χ3n) is 6.02. The number of amidine groups is 1. The number of hydrogen-bond donors (Lipinski definition) is 1. The van der Waals surface area contributed by atoms with Crippen LogP contribution < -0.4 is 5.73 Å². The van der Waals surface area contributed by atoms with E-state index in [4.69, 9.17) is 26.8 Å². The Hall–Kier alpha value is -2.72.